The number of amides is 1. The Morgan fingerprint density at radius 1 is 1.21 bits per heavy atom. The largest absolute Gasteiger partial charge is 0.325 e. The fourth-order valence-corrected chi connectivity index (χ4v) is 2.85. The third kappa shape index (κ3) is 4.10. The molecule has 6 heteroatoms. The number of rotatable bonds is 5. The molecule has 24 heavy (non-hydrogen) atoms. The Labute approximate surface area is 148 Å². The Balaban J connectivity index is 1.61. The zero-order valence-corrected chi connectivity index (χ0v) is 14.5. The van der Waals surface area contributed by atoms with E-state index >= 15 is 0 Å². The van der Waals surface area contributed by atoms with Gasteiger partial charge in [0.15, 0.2) is 0 Å². The lowest BCUT2D eigenvalue weighted by atomic mass is 10.1. The molecule has 122 valence electrons. The first-order valence-corrected chi connectivity index (χ1v) is 8.31. The molecule has 0 saturated carbocycles. The van der Waals surface area contributed by atoms with Crippen LogP contribution >= 0.6 is 15.9 Å². The Morgan fingerprint density at radius 2 is 2.00 bits per heavy atom. The summed E-state index contributed by atoms with van der Waals surface area (Å²) < 4.78 is 0.974. The van der Waals surface area contributed by atoms with E-state index in [1.807, 2.05) is 54.7 Å². The van der Waals surface area contributed by atoms with Crippen LogP contribution in [0.3, 0.4) is 0 Å². The lowest BCUT2D eigenvalue weighted by molar-refractivity contribution is -0.117. The number of carbonyl (C=O) groups is 1. The fraction of sp³-hybridized carbons (Fsp3) is 0.111. The lowest BCUT2D eigenvalue weighted by Crippen LogP contribution is -2.37. The molecule has 0 aliphatic rings. The maximum Gasteiger partial charge on any atom is 0.241 e. The second-order valence-corrected chi connectivity index (χ2v) is 6.41. The fourth-order valence-electron chi connectivity index (χ4n) is 2.40. The number of halogens is 1. The number of nitrogens with zero attached hydrogens (tertiary/aromatic N) is 1. The maximum atomic E-state index is 12.3. The Hall–Kier alpha value is -2.44. The summed E-state index contributed by atoms with van der Waals surface area (Å²) in [7, 11) is 0. The third-order valence-electron chi connectivity index (χ3n) is 3.67. The topological polar surface area (TPSA) is 83.8 Å². The van der Waals surface area contributed by atoms with Gasteiger partial charge in [-0.2, -0.15) is 5.10 Å². The second-order valence-electron chi connectivity index (χ2n) is 5.49. The summed E-state index contributed by atoms with van der Waals surface area (Å²) in [6, 6.07) is 14.8. The highest BCUT2D eigenvalue weighted by molar-refractivity contribution is 9.10. The van der Waals surface area contributed by atoms with Gasteiger partial charge in [-0.3, -0.25) is 9.89 Å². The van der Waals surface area contributed by atoms with Gasteiger partial charge in [-0.05, 0) is 41.8 Å². The summed E-state index contributed by atoms with van der Waals surface area (Å²) in [5.41, 5.74) is 9.78. The number of nitrogens with two attached hydrogens (primary N) is 1. The van der Waals surface area contributed by atoms with Crippen LogP contribution < -0.4 is 11.1 Å². The highest BCUT2D eigenvalue weighted by atomic mass is 79.9. The zero-order chi connectivity index (χ0) is 16.9. The van der Waals surface area contributed by atoms with Gasteiger partial charge in [-0.1, -0.05) is 40.2 Å². The van der Waals surface area contributed by atoms with Crippen molar-refractivity contribution in [2.75, 3.05) is 5.32 Å². The van der Waals surface area contributed by atoms with Crippen LogP contribution in [-0.4, -0.2) is 22.1 Å². The molecule has 0 fully saturated rings. The number of nitrogens with one attached hydrogen (secondary N) is 2. The van der Waals surface area contributed by atoms with E-state index in [1.165, 1.54) is 0 Å². The molecule has 0 saturated heterocycles. The van der Waals surface area contributed by atoms with Crippen LogP contribution in [0.5, 0.6) is 0 Å². The molecule has 3 rings (SSSR count). The van der Waals surface area contributed by atoms with Crippen molar-refractivity contribution in [3.63, 3.8) is 0 Å². The molecule has 1 atom stereocenters. The zero-order valence-electron chi connectivity index (χ0n) is 12.9. The van der Waals surface area contributed by atoms with Gasteiger partial charge >= 0.3 is 0 Å². The molecule has 3 aromatic rings. The van der Waals surface area contributed by atoms with Crippen LogP contribution in [0.25, 0.3) is 11.1 Å². The first-order chi connectivity index (χ1) is 11.6. The molecule has 0 unspecified atom stereocenters. The molecule has 0 aliphatic heterocycles. The molecular formula is C18H17BrN4O. The molecule has 0 radical (unpaired) electrons. The summed E-state index contributed by atoms with van der Waals surface area (Å²) in [4.78, 5) is 12.3. The molecule has 4 N–H and O–H groups in total. The summed E-state index contributed by atoms with van der Waals surface area (Å²) in [5.74, 6) is -0.203. The Kier molecular flexibility index (Phi) is 5.08. The highest BCUT2D eigenvalue weighted by Gasteiger charge is 2.14. The molecule has 5 nitrogen and oxygen atoms in total. The summed E-state index contributed by atoms with van der Waals surface area (Å²) >= 11 is 3.42. The number of aromatic nitrogens is 2. The van der Waals surface area contributed by atoms with Gasteiger partial charge in [0.05, 0.1) is 12.2 Å². The monoisotopic (exact) mass is 384 g/mol. The van der Waals surface area contributed by atoms with Crippen molar-refractivity contribution in [3.8, 4) is 11.1 Å². The minimum atomic E-state index is -0.604. The van der Waals surface area contributed by atoms with E-state index in [9.17, 15) is 4.79 Å². The Morgan fingerprint density at radius 3 is 2.67 bits per heavy atom. The van der Waals surface area contributed by atoms with Crippen molar-refractivity contribution in [2.24, 2.45) is 5.73 Å². The van der Waals surface area contributed by atoms with Crippen molar-refractivity contribution in [1.82, 2.24) is 10.2 Å². The van der Waals surface area contributed by atoms with Crippen LogP contribution in [0.2, 0.25) is 0 Å². The van der Waals surface area contributed by atoms with E-state index in [-0.39, 0.29) is 5.91 Å². The lowest BCUT2D eigenvalue weighted by Gasteiger charge is -2.13. The van der Waals surface area contributed by atoms with Gasteiger partial charge in [0.1, 0.15) is 0 Å². The minimum absolute atomic E-state index is 0.203. The van der Waals surface area contributed by atoms with E-state index in [0.717, 1.165) is 26.9 Å². The molecular weight excluding hydrogens is 368 g/mol. The first kappa shape index (κ1) is 16.4. The van der Waals surface area contributed by atoms with Crippen molar-refractivity contribution in [3.05, 3.63) is 71.0 Å². The van der Waals surface area contributed by atoms with Gasteiger partial charge < -0.3 is 11.1 Å². The van der Waals surface area contributed by atoms with Crippen LogP contribution in [-0.2, 0) is 11.2 Å². The molecule has 2 aromatic carbocycles. The van der Waals surface area contributed by atoms with E-state index in [0.29, 0.717) is 6.42 Å². The van der Waals surface area contributed by atoms with Gasteiger partial charge in [0.25, 0.3) is 0 Å². The standard InChI is InChI=1S/C18H17BrN4O/c19-15-3-1-2-12(8-15)9-17(20)18(24)23-16-6-4-13(5-7-16)14-10-21-22-11-14/h1-8,10-11,17H,9,20H2,(H,21,22)(H,23,24)/t17-/m1/s1. The summed E-state index contributed by atoms with van der Waals surface area (Å²) in [6.45, 7) is 0. The van der Waals surface area contributed by atoms with Crippen LogP contribution in [0, 0.1) is 0 Å². The average Bonchev–Trinajstić information content (AvgIpc) is 3.10. The predicted octanol–water partition coefficient (Wildman–Crippen LogP) is 3.35. The minimum Gasteiger partial charge on any atom is -0.325 e. The predicted molar refractivity (Wildman–Crippen MR) is 98.5 cm³/mol. The van der Waals surface area contributed by atoms with Crippen molar-refractivity contribution >= 4 is 27.5 Å². The van der Waals surface area contributed by atoms with Crippen LogP contribution in [0.15, 0.2) is 65.4 Å². The molecule has 1 heterocycles. The van der Waals surface area contributed by atoms with Crippen LogP contribution in [0.4, 0.5) is 5.69 Å². The van der Waals surface area contributed by atoms with Gasteiger partial charge in [0.2, 0.25) is 5.91 Å². The number of anilines is 1. The van der Waals surface area contributed by atoms with Crippen molar-refractivity contribution < 1.29 is 4.79 Å². The Bertz CT molecular complexity index is 815. The molecule has 0 aliphatic carbocycles. The third-order valence-corrected chi connectivity index (χ3v) is 4.16. The SMILES string of the molecule is N[C@H](Cc1cccc(Br)c1)C(=O)Nc1ccc(-c2cn[nH]c2)cc1. The smallest absolute Gasteiger partial charge is 0.241 e. The van der Waals surface area contributed by atoms with Gasteiger partial charge in [-0.25, -0.2) is 0 Å². The normalized spacial score (nSPS) is 11.9. The number of benzene rings is 2. The van der Waals surface area contributed by atoms with E-state index in [2.05, 4.69) is 31.4 Å². The summed E-state index contributed by atoms with van der Waals surface area (Å²) in [6.07, 6.45) is 4.06. The number of aromatic amines is 1. The molecule has 1 aromatic heterocycles. The second kappa shape index (κ2) is 7.42. The number of hydrogen-bond donors (Lipinski definition) is 3. The van der Waals surface area contributed by atoms with Gasteiger partial charge in [0, 0.05) is 21.9 Å². The van der Waals surface area contributed by atoms with Crippen molar-refractivity contribution in [2.45, 2.75) is 12.5 Å². The number of H-pyrrole nitrogens is 1. The van der Waals surface area contributed by atoms with E-state index < -0.39 is 6.04 Å². The van der Waals surface area contributed by atoms with E-state index in [1.54, 1.807) is 6.20 Å². The van der Waals surface area contributed by atoms with Crippen LogP contribution in [0.1, 0.15) is 5.56 Å². The van der Waals surface area contributed by atoms with Gasteiger partial charge in [-0.15, -0.1) is 0 Å². The molecule has 0 bridgehead atoms. The molecule has 1 amide bonds. The first-order valence-electron chi connectivity index (χ1n) is 7.52. The maximum absolute atomic E-state index is 12.3. The highest BCUT2D eigenvalue weighted by Crippen LogP contribution is 2.20. The molecule has 0 spiro atoms. The van der Waals surface area contributed by atoms with E-state index in [4.69, 9.17) is 5.73 Å². The number of carbonyl (C=O) groups excluding carboxylic acids is 1. The summed E-state index contributed by atoms with van der Waals surface area (Å²) in [5, 5.41) is 9.55. The number of hydrogen-bond acceptors (Lipinski definition) is 3. The quantitative estimate of drug-likeness (QED) is 0.630. The average molecular weight is 385 g/mol. The van der Waals surface area contributed by atoms with Crippen molar-refractivity contribution in [1.29, 1.82) is 0 Å².